The Balaban J connectivity index is 1.77. The Morgan fingerprint density at radius 3 is 2.70 bits per heavy atom. The van der Waals surface area contributed by atoms with E-state index in [2.05, 4.69) is 20.6 Å². The van der Waals surface area contributed by atoms with Crippen LogP contribution in [0.4, 0.5) is 0 Å². The van der Waals surface area contributed by atoms with Gasteiger partial charge in [-0.25, -0.2) is 0 Å². The molecule has 0 radical (unpaired) electrons. The molecule has 0 aliphatic carbocycles. The third-order valence-electron chi connectivity index (χ3n) is 5.25. The van der Waals surface area contributed by atoms with Crippen LogP contribution in [0.25, 0.3) is 11.3 Å². The number of carbonyl (C=O) groups is 1. The summed E-state index contributed by atoms with van der Waals surface area (Å²) in [5.41, 5.74) is 2.61. The predicted molar refractivity (Wildman–Crippen MR) is 119 cm³/mol. The van der Waals surface area contributed by atoms with Crippen molar-refractivity contribution in [3.63, 3.8) is 0 Å². The van der Waals surface area contributed by atoms with Gasteiger partial charge in [-0.3, -0.25) is 14.6 Å². The first-order valence-corrected chi connectivity index (χ1v) is 9.81. The summed E-state index contributed by atoms with van der Waals surface area (Å²) in [6.07, 6.45) is 1.11. The lowest BCUT2D eigenvalue weighted by atomic mass is 9.58. The smallest absolute Gasteiger partial charge is 0.272 e. The minimum atomic E-state index is -0.730. The molecule has 0 fully saturated rings. The fourth-order valence-corrected chi connectivity index (χ4v) is 3.10. The SMILES string of the molecule is BC(B)([C@H](C)NC(=O)c1cc(C(C)O)[nH]n1)n1ccc(-c2ccc(C#N)c(Cl)c2)n1. The van der Waals surface area contributed by atoms with Crippen LogP contribution in [0.5, 0.6) is 0 Å². The molecule has 0 bridgehead atoms. The van der Waals surface area contributed by atoms with Gasteiger partial charge in [-0.05, 0) is 38.1 Å². The molecule has 3 aromatic rings. The molecule has 0 saturated carbocycles. The van der Waals surface area contributed by atoms with Crippen molar-refractivity contribution < 1.29 is 9.90 Å². The number of carbonyl (C=O) groups excluding carboxylic acids is 1. The first-order chi connectivity index (χ1) is 14.1. The van der Waals surface area contributed by atoms with Gasteiger partial charge in [0.15, 0.2) is 0 Å². The maximum absolute atomic E-state index is 12.5. The number of hydrogen-bond donors (Lipinski definition) is 3. The first-order valence-electron chi connectivity index (χ1n) is 9.44. The molecule has 2 atom stereocenters. The van der Waals surface area contributed by atoms with Gasteiger partial charge >= 0.3 is 0 Å². The summed E-state index contributed by atoms with van der Waals surface area (Å²) in [5, 5.41) is 32.6. The first kappa shape index (κ1) is 21.7. The van der Waals surface area contributed by atoms with E-state index in [1.165, 1.54) is 6.07 Å². The predicted octanol–water partition coefficient (Wildman–Crippen LogP) is 0.547. The third-order valence-corrected chi connectivity index (χ3v) is 5.57. The van der Waals surface area contributed by atoms with E-state index in [9.17, 15) is 9.90 Å². The average Bonchev–Trinajstić information content (AvgIpc) is 3.38. The normalized spacial score (nSPS) is 13.4. The Morgan fingerprint density at radius 2 is 2.10 bits per heavy atom. The standard InChI is InChI=1S/C19H21B2ClN6O2/c1-10(29)16-8-17(26-25-16)18(30)24-11(2)19(20,21)28-6-5-15(27-28)12-3-4-13(9-23)14(22)7-12/h3-8,10-11,29H,20-21H2,1-2H3,(H,24,30)(H,25,26)/t10?,11-/m0/s1. The lowest BCUT2D eigenvalue weighted by Gasteiger charge is -2.33. The highest BCUT2D eigenvalue weighted by atomic mass is 35.5. The van der Waals surface area contributed by atoms with Crippen LogP contribution in [-0.2, 0) is 5.34 Å². The zero-order valence-electron chi connectivity index (χ0n) is 17.1. The van der Waals surface area contributed by atoms with E-state index in [1.54, 1.807) is 29.8 Å². The molecule has 1 aromatic carbocycles. The molecule has 0 saturated heterocycles. The fraction of sp³-hybridized carbons (Fsp3) is 0.263. The summed E-state index contributed by atoms with van der Waals surface area (Å²) in [7, 11) is 3.93. The van der Waals surface area contributed by atoms with Crippen LogP contribution in [0.2, 0.25) is 5.02 Å². The van der Waals surface area contributed by atoms with Crippen molar-refractivity contribution in [2.45, 2.75) is 31.3 Å². The van der Waals surface area contributed by atoms with Gasteiger partial charge in [-0.15, -0.1) is 0 Å². The molecule has 1 unspecified atom stereocenters. The lowest BCUT2D eigenvalue weighted by Crippen LogP contribution is -2.53. The highest BCUT2D eigenvalue weighted by Gasteiger charge is 2.31. The second-order valence-corrected chi connectivity index (χ2v) is 8.09. The second-order valence-electron chi connectivity index (χ2n) is 7.69. The van der Waals surface area contributed by atoms with Crippen LogP contribution in [0.1, 0.15) is 41.7 Å². The van der Waals surface area contributed by atoms with Crippen LogP contribution < -0.4 is 5.32 Å². The molecule has 8 nitrogen and oxygen atoms in total. The highest BCUT2D eigenvalue weighted by Crippen LogP contribution is 2.25. The minimum Gasteiger partial charge on any atom is -0.387 e. The Morgan fingerprint density at radius 1 is 1.37 bits per heavy atom. The van der Waals surface area contributed by atoms with E-state index in [4.69, 9.17) is 16.9 Å². The molecule has 152 valence electrons. The lowest BCUT2D eigenvalue weighted by molar-refractivity contribution is 0.0925. The molecule has 2 heterocycles. The highest BCUT2D eigenvalue weighted by molar-refractivity contribution is 6.38. The maximum atomic E-state index is 12.5. The Kier molecular flexibility index (Phi) is 6.06. The fourth-order valence-electron chi connectivity index (χ4n) is 2.88. The van der Waals surface area contributed by atoms with Crippen LogP contribution >= 0.6 is 11.6 Å². The van der Waals surface area contributed by atoms with Crippen molar-refractivity contribution in [3.05, 3.63) is 58.5 Å². The summed E-state index contributed by atoms with van der Waals surface area (Å²) in [6.45, 7) is 3.48. The van der Waals surface area contributed by atoms with E-state index in [1.807, 2.05) is 40.9 Å². The van der Waals surface area contributed by atoms with Crippen LogP contribution in [-0.4, -0.2) is 52.7 Å². The summed E-state index contributed by atoms with van der Waals surface area (Å²) in [5.74, 6) is -0.343. The number of nitrogens with one attached hydrogen (secondary N) is 2. The molecule has 11 heteroatoms. The number of aliphatic hydroxyl groups is 1. The average molecular weight is 422 g/mol. The number of H-pyrrole nitrogens is 1. The van der Waals surface area contributed by atoms with Gasteiger partial charge in [0.1, 0.15) is 27.5 Å². The molecular formula is C19H21B2ClN6O2. The maximum Gasteiger partial charge on any atom is 0.272 e. The van der Waals surface area contributed by atoms with Crippen molar-refractivity contribution in [1.82, 2.24) is 25.3 Å². The van der Waals surface area contributed by atoms with Gasteiger partial charge in [-0.2, -0.15) is 15.5 Å². The number of aromatic nitrogens is 4. The summed E-state index contributed by atoms with van der Waals surface area (Å²) >= 11 is 6.13. The van der Waals surface area contributed by atoms with Gasteiger partial charge in [0.25, 0.3) is 5.91 Å². The molecule has 0 aliphatic heterocycles. The number of nitrogens with zero attached hydrogens (tertiary/aromatic N) is 4. The zero-order chi connectivity index (χ0) is 22.1. The quantitative estimate of drug-likeness (QED) is 0.501. The largest absolute Gasteiger partial charge is 0.387 e. The van der Waals surface area contributed by atoms with Crippen molar-refractivity contribution in [2.24, 2.45) is 0 Å². The van der Waals surface area contributed by atoms with E-state index in [0.717, 1.165) is 5.56 Å². The topological polar surface area (TPSA) is 120 Å². The molecule has 0 aliphatic rings. The van der Waals surface area contributed by atoms with Gasteiger partial charge in [0.2, 0.25) is 0 Å². The Bertz CT molecular complexity index is 1120. The van der Waals surface area contributed by atoms with Crippen molar-refractivity contribution in [1.29, 1.82) is 5.26 Å². The minimum absolute atomic E-state index is 0.210. The molecule has 3 N–H and O–H groups in total. The zero-order valence-corrected chi connectivity index (χ0v) is 17.9. The molecule has 0 spiro atoms. The van der Waals surface area contributed by atoms with E-state index < -0.39 is 11.4 Å². The second kappa shape index (κ2) is 8.38. The summed E-state index contributed by atoms with van der Waals surface area (Å²) in [6, 6.07) is 10.3. The number of halogens is 1. The molecule has 2 aromatic heterocycles. The summed E-state index contributed by atoms with van der Waals surface area (Å²) in [4.78, 5) is 12.5. The number of amides is 1. The van der Waals surface area contributed by atoms with E-state index in [-0.39, 0.29) is 17.6 Å². The van der Waals surface area contributed by atoms with Gasteiger partial charge in [0.05, 0.1) is 28.1 Å². The van der Waals surface area contributed by atoms with Crippen molar-refractivity contribution >= 4 is 33.2 Å². The van der Waals surface area contributed by atoms with E-state index in [0.29, 0.717) is 22.0 Å². The molecule has 30 heavy (non-hydrogen) atoms. The Labute approximate surface area is 181 Å². The molecule has 1 amide bonds. The number of aliphatic hydroxyl groups excluding tert-OH is 1. The summed E-state index contributed by atoms with van der Waals surface area (Å²) < 4.78 is 1.78. The van der Waals surface area contributed by atoms with Crippen LogP contribution in [0.3, 0.4) is 0 Å². The monoisotopic (exact) mass is 422 g/mol. The number of rotatable bonds is 6. The third kappa shape index (κ3) is 4.27. The van der Waals surface area contributed by atoms with E-state index >= 15 is 0 Å². The van der Waals surface area contributed by atoms with Crippen molar-refractivity contribution in [3.8, 4) is 17.3 Å². The van der Waals surface area contributed by atoms with Crippen LogP contribution in [0, 0.1) is 11.3 Å². The van der Waals surface area contributed by atoms with Gasteiger partial charge in [0, 0.05) is 23.1 Å². The number of aromatic amines is 1. The van der Waals surface area contributed by atoms with Gasteiger partial charge in [-0.1, -0.05) is 17.7 Å². The molecular weight excluding hydrogens is 401 g/mol. The van der Waals surface area contributed by atoms with Gasteiger partial charge < -0.3 is 10.4 Å². The Hall–Kier alpha value is -3.02. The number of benzene rings is 1. The van der Waals surface area contributed by atoms with Crippen molar-refractivity contribution in [2.75, 3.05) is 0 Å². The number of nitriles is 1. The van der Waals surface area contributed by atoms with Crippen LogP contribution in [0.15, 0.2) is 36.5 Å². The number of hydrogen-bond acceptors (Lipinski definition) is 5. The molecule has 3 rings (SSSR count).